The smallest absolute Gasteiger partial charge is 0.266 e. The number of aryl methyl sites for hydroxylation is 4. The quantitative estimate of drug-likeness (QED) is 0.846. The van der Waals surface area contributed by atoms with Crippen molar-refractivity contribution in [1.29, 1.82) is 0 Å². The summed E-state index contributed by atoms with van der Waals surface area (Å²) in [6, 6.07) is 5.56. The first-order valence-corrected chi connectivity index (χ1v) is 11.1. The molecule has 0 spiro atoms. The summed E-state index contributed by atoms with van der Waals surface area (Å²) < 4.78 is 28.3. The van der Waals surface area contributed by atoms with Gasteiger partial charge >= 0.3 is 0 Å². The highest BCUT2D eigenvalue weighted by molar-refractivity contribution is 7.93. The predicted molar refractivity (Wildman–Crippen MR) is 112 cm³/mol. The van der Waals surface area contributed by atoms with Crippen LogP contribution in [-0.4, -0.2) is 44.3 Å². The summed E-state index contributed by atoms with van der Waals surface area (Å²) in [6.45, 7) is 8.77. The Bertz CT molecular complexity index is 1000. The van der Waals surface area contributed by atoms with E-state index in [4.69, 9.17) is 0 Å². The van der Waals surface area contributed by atoms with E-state index in [0.29, 0.717) is 30.2 Å². The lowest BCUT2D eigenvalue weighted by Crippen LogP contribution is -2.37. The van der Waals surface area contributed by atoms with Crippen LogP contribution < -0.4 is 4.31 Å². The van der Waals surface area contributed by atoms with E-state index in [0.717, 1.165) is 30.4 Å². The molecule has 1 amide bonds. The number of nitrogens with zero attached hydrogens (tertiary/aromatic N) is 2. The number of amides is 1. The fraction of sp³-hybridized carbons (Fsp3) is 0.476. The average molecular weight is 404 g/mol. The van der Waals surface area contributed by atoms with Crippen molar-refractivity contribution < 1.29 is 13.2 Å². The third kappa shape index (κ3) is 3.55. The molecular weight excluding hydrogens is 374 g/mol. The largest absolute Gasteiger partial charge is 0.361 e. The summed E-state index contributed by atoms with van der Waals surface area (Å²) in [7, 11) is -2.35. The van der Waals surface area contributed by atoms with Crippen molar-refractivity contribution in [3.63, 3.8) is 0 Å². The van der Waals surface area contributed by atoms with E-state index in [1.807, 2.05) is 26.0 Å². The van der Waals surface area contributed by atoms with E-state index in [9.17, 15) is 13.2 Å². The molecule has 6 nitrogen and oxygen atoms in total. The van der Waals surface area contributed by atoms with Gasteiger partial charge in [0, 0.05) is 31.5 Å². The molecule has 1 saturated heterocycles. The molecule has 1 aromatic heterocycles. The highest BCUT2D eigenvalue weighted by Crippen LogP contribution is 2.31. The number of hydrogen-bond donors (Lipinski definition) is 1. The van der Waals surface area contributed by atoms with Gasteiger partial charge in [-0.25, -0.2) is 8.42 Å². The standard InChI is InChI=1S/C21H29N3O3S/c1-14-9-10-18(13-15(14)2)23(5)28(26,27)20-17(4)22-16(3)19(20)21(25)24-11-7-6-8-12-24/h9-10,13,22H,6-8,11-12H2,1-5H3. The van der Waals surface area contributed by atoms with Crippen LogP contribution in [0.2, 0.25) is 0 Å². The van der Waals surface area contributed by atoms with Crippen LogP contribution in [0.1, 0.15) is 52.1 Å². The Morgan fingerprint density at radius 1 is 1.00 bits per heavy atom. The lowest BCUT2D eigenvalue weighted by Gasteiger charge is -2.28. The van der Waals surface area contributed by atoms with Gasteiger partial charge in [-0.05, 0) is 70.2 Å². The zero-order valence-corrected chi connectivity index (χ0v) is 18.1. The van der Waals surface area contributed by atoms with Crippen LogP contribution in [0, 0.1) is 27.7 Å². The molecule has 0 radical (unpaired) electrons. The fourth-order valence-electron chi connectivity index (χ4n) is 3.79. The summed E-state index contributed by atoms with van der Waals surface area (Å²) in [6.07, 6.45) is 3.02. The molecule has 0 aliphatic carbocycles. The molecule has 0 unspecified atom stereocenters. The molecule has 1 aliphatic rings. The number of anilines is 1. The summed E-state index contributed by atoms with van der Waals surface area (Å²) in [4.78, 5) is 18.1. The number of benzene rings is 1. The van der Waals surface area contributed by atoms with E-state index in [1.54, 1.807) is 24.8 Å². The van der Waals surface area contributed by atoms with E-state index >= 15 is 0 Å². The lowest BCUT2D eigenvalue weighted by molar-refractivity contribution is 0.0720. The van der Waals surface area contributed by atoms with Gasteiger partial charge in [0.25, 0.3) is 15.9 Å². The van der Waals surface area contributed by atoms with E-state index in [1.165, 1.54) is 11.4 Å². The first-order chi connectivity index (χ1) is 13.1. The summed E-state index contributed by atoms with van der Waals surface area (Å²) >= 11 is 0. The van der Waals surface area contributed by atoms with E-state index < -0.39 is 10.0 Å². The maximum atomic E-state index is 13.5. The number of likely N-dealkylation sites (tertiary alicyclic amines) is 1. The number of rotatable bonds is 4. The van der Waals surface area contributed by atoms with Gasteiger partial charge in [-0.15, -0.1) is 0 Å². The second kappa shape index (κ2) is 7.62. The van der Waals surface area contributed by atoms with Gasteiger partial charge in [-0.1, -0.05) is 6.07 Å². The Hall–Kier alpha value is -2.28. The maximum absolute atomic E-state index is 13.5. The first kappa shape index (κ1) is 20.5. The first-order valence-electron chi connectivity index (χ1n) is 9.69. The molecule has 28 heavy (non-hydrogen) atoms. The second-order valence-electron chi connectivity index (χ2n) is 7.67. The van der Waals surface area contributed by atoms with Gasteiger partial charge in [0.15, 0.2) is 0 Å². The van der Waals surface area contributed by atoms with E-state index in [-0.39, 0.29) is 16.4 Å². The molecule has 152 valence electrons. The van der Waals surface area contributed by atoms with Crippen molar-refractivity contribution >= 4 is 21.6 Å². The fourth-order valence-corrected chi connectivity index (χ4v) is 5.39. The number of aromatic amines is 1. The van der Waals surface area contributed by atoms with Crippen LogP contribution in [0.25, 0.3) is 0 Å². The number of carbonyl (C=O) groups is 1. The molecule has 1 aliphatic heterocycles. The van der Waals surface area contributed by atoms with Crippen LogP contribution in [0.3, 0.4) is 0 Å². The van der Waals surface area contributed by atoms with Crippen molar-refractivity contribution in [2.45, 2.75) is 51.9 Å². The number of H-pyrrole nitrogens is 1. The zero-order chi connectivity index (χ0) is 20.6. The number of nitrogens with one attached hydrogen (secondary N) is 1. The molecule has 0 saturated carbocycles. The number of sulfonamides is 1. The van der Waals surface area contributed by atoms with Crippen LogP contribution in [0.15, 0.2) is 23.1 Å². The van der Waals surface area contributed by atoms with Gasteiger partial charge in [-0.3, -0.25) is 9.10 Å². The third-order valence-electron chi connectivity index (χ3n) is 5.65. The van der Waals surface area contributed by atoms with Crippen molar-refractivity contribution in [2.75, 3.05) is 24.4 Å². The molecule has 2 heterocycles. The van der Waals surface area contributed by atoms with Crippen molar-refractivity contribution in [1.82, 2.24) is 9.88 Å². The van der Waals surface area contributed by atoms with Crippen LogP contribution in [0.4, 0.5) is 5.69 Å². The average Bonchev–Trinajstić information content (AvgIpc) is 2.98. The molecule has 1 N–H and O–H groups in total. The molecular formula is C21H29N3O3S. The van der Waals surface area contributed by atoms with Gasteiger partial charge in [-0.2, -0.15) is 0 Å². The van der Waals surface area contributed by atoms with Crippen molar-refractivity contribution in [3.05, 3.63) is 46.3 Å². The van der Waals surface area contributed by atoms with Crippen molar-refractivity contribution in [2.24, 2.45) is 0 Å². The van der Waals surface area contributed by atoms with Crippen LogP contribution in [-0.2, 0) is 10.0 Å². The normalized spacial score (nSPS) is 15.0. The topological polar surface area (TPSA) is 73.5 Å². The summed E-state index contributed by atoms with van der Waals surface area (Å²) in [5.41, 5.74) is 4.07. The lowest BCUT2D eigenvalue weighted by atomic mass is 10.1. The Morgan fingerprint density at radius 2 is 1.64 bits per heavy atom. The molecule has 1 fully saturated rings. The van der Waals surface area contributed by atoms with Crippen LogP contribution in [0.5, 0.6) is 0 Å². The number of hydrogen-bond acceptors (Lipinski definition) is 3. The third-order valence-corrected chi connectivity index (χ3v) is 7.61. The molecule has 0 atom stereocenters. The number of piperidine rings is 1. The Kier molecular flexibility index (Phi) is 5.57. The maximum Gasteiger partial charge on any atom is 0.266 e. The van der Waals surface area contributed by atoms with Crippen molar-refractivity contribution in [3.8, 4) is 0 Å². The number of aromatic nitrogens is 1. The van der Waals surface area contributed by atoms with Crippen LogP contribution >= 0.6 is 0 Å². The predicted octanol–water partition coefficient (Wildman–Crippen LogP) is 3.70. The van der Waals surface area contributed by atoms with E-state index in [2.05, 4.69) is 4.98 Å². The molecule has 3 rings (SSSR count). The molecule has 7 heteroatoms. The SMILES string of the molecule is Cc1ccc(N(C)S(=O)(=O)c2c(C)[nH]c(C)c2C(=O)N2CCCCC2)cc1C. The highest BCUT2D eigenvalue weighted by Gasteiger charge is 2.34. The Labute approximate surface area is 167 Å². The van der Waals surface area contributed by atoms with Gasteiger partial charge in [0.2, 0.25) is 0 Å². The molecule has 1 aromatic carbocycles. The second-order valence-corrected chi connectivity index (χ2v) is 9.58. The summed E-state index contributed by atoms with van der Waals surface area (Å²) in [5, 5.41) is 0. The Morgan fingerprint density at radius 3 is 2.25 bits per heavy atom. The van der Waals surface area contributed by atoms with Gasteiger partial charge in [0.1, 0.15) is 4.90 Å². The zero-order valence-electron chi connectivity index (χ0n) is 17.3. The van der Waals surface area contributed by atoms with Gasteiger partial charge < -0.3 is 9.88 Å². The Balaban J connectivity index is 2.06. The minimum absolute atomic E-state index is 0.0845. The summed E-state index contributed by atoms with van der Waals surface area (Å²) in [5.74, 6) is -0.200. The number of carbonyl (C=O) groups excluding carboxylic acids is 1. The minimum atomic E-state index is -3.89. The molecule has 0 bridgehead atoms. The minimum Gasteiger partial charge on any atom is -0.361 e. The highest BCUT2D eigenvalue weighted by atomic mass is 32.2. The monoisotopic (exact) mass is 403 g/mol. The molecule has 2 aromatic rings. The van der Waals surface area contributed by atoms with Gasteiger partial charge in [0.05, 0.1) is 11.3 Å².